The fourth-order valence-corrected chi connectivity index (χ4v) is 9.60. The van der Waals surface area contributed by atoms with Crippen molar-refractivity contribution in [3.05, 3.63) is 151 Å². The predicted octanol–water partition coefficient (Wildman–Crippen LogP) is 12.3. The monoisotopic (exact) mass is 591 g/mol. The van der Waals surface area contributed by atoms with E-state index in [2.05, 4.69) is 158 Å². The second-order valence-electron chi connectivity index (χ2n) is 12.9. The quantitative estimate of drug-likeness (QED) is 0.188. The third-order valence-corrected chi connectivity index (χ3v) is 11.4. The largest absolute Gasteiger partial charge is 0.308 e. The molecule has 9 aromatic rings. The minimum Gasteiger partial charge on any atom is -0.308 e. The van der Waals surface area contributed by atoms with Gasteiger partial charge in [0, 0.05) is 26.8 Å². The van der Waals surface area contributed by atoms with E-state index in [0.29, 0.717) is 0 Å². The first-order valence-corrected chi connectivity index (χ1v) is 16.5. The van der Waals surface area contributed by atoms with Gasteiger partial charge in [0.05, 0.1) is 15.7 Å². The first kappa shape index (κ1) is 25.2. The molecule has 0 radical (unpaired) electrons. The zero-order valence-electron chi connectivity index (χ0n) is 25.1. The highest BCUT2D eigenvalue weighted by molar-refractivity contribution is 7.23. The van der Waals surface area contributed by atoms with Crippen molar-refractivity contribution in [2.45, 2.75) is 19.3 Å². The Balaban J connectivity index is 1.22. The molecule has 0 bridgehead atoms. The number of hydrogen-bond donors (Lipinski definition) is 0. The number of fused-ring (bicyclic) bond motifs is 11. The van der Waals surface area contributed by atoms with Crippen LogP contribution in [0.15, 0.2) is 140 Å². The fourth-order valence-electron chi connectivity index (χ4n) is 8.06. The maximum absolute atomic E-state index is 2.51. The molecule has 0 N–H and O–H groups in total. The van der Waals surface area contributed by atoms with Gasteiger partial charge in [0.15, 0.2) is 0 Å². The summed E-state index contributed by atoms with van der Waals surface area (Å²) >= 11 is 1.97. The Morgan fingerprint density at radius 2 is 1.24 bits per heavy atom. The molecule has 1 nitrogen and oxygen atoms in total. The Kier molecular flexibility index (Phi) is 5.00. The van der Waals surface area contributed by atoms with Crippen molar-refractivity contribution in [2.75, 3.05) is 0 Å². The number of para-hydroxylation sites is 1. The summed E-state index contributed by atoms with van der Waals surface area (Å²) in [4.78, 5) is 1.43. The second-order valence-corrected chi connectivity index (χ2v) is 14.0. The van der Waals surface area contributed by atoms with Gasteiger partial charge < -0.3 is 4.57 Å². The number of rotatable bonds is 2. The summed E-state index contributed by atoms with van der Waals surface area (Å²) in [5, 5.41) is 9.06. The normalized spacial score (nSPS) is 13.7. The molecule has 0 unspecified atom stereocenters. The summed E-state index contributed by atoms with van der Waals surface area (Å²) in [7, 11) is 0. The van der Waals surface area contributed by atoms with Gasteiger partial charge in [0.1, 0.15) is 0 Å². The van der Waals surface area contributed by atoms with Gasteiger partial charge in [-0.25, -0.2) is 0 Å². The molecule has 10 rings (SSSR count). The van der Waals surface area contributed by atoms with E-state index in [9.17, 15) is 0 Å². The fraction of sp³-hybridized carbons (Fsp3) is 0.0698. The average molecular weight is 592 g/mol. The van der Waals surface area contributed by atoms with Crippen LogP contribution < -0.4 is 0 Å². The van der Waals surface area contributed by atoms with Crippen LogP contribution in [-0.2, 0) is 5.41 Å². The highest BCUT2D eigenvalue weighted by Gasteiger charge is 2.39. The van der Waals surface area contributed by atoms with Gasteiger partial charge in [-0.05, 0) is 79.0 Å². The van der Waals surface area contributed by atoms with E-state index in [1.165, 1.54) is 91.8 Å². The number of hydrogen-bond acceptors (Lipinski definition) is 1. The van der Waals surface area contributed by atoms with Crippen molar-refractivity contribution in [1.29, 1.82) is 0 Å². The summed E-state index contributed by atoms with van der Waals surface area (Å²) in [6.45, 7) is 4.78. The summed E-state index contributed by atoms with van der Waals surface area (Å²) in [6.07, 6.45) is 0. The topological polar surface area (TPSA) is 4.93 Å². The average Bonchev–Trinajstić information content (AvgIpc) is 3.71. The summed E-state index contributed by atoms with van der Waals surface area (Å²) < 4.78 is 3.89. The molecule has 1 aliphatic carbocycles. The molecule has 0 fully saturated rings. The van der Waals surface area contributed by atoms with Crippen LogP contribution >= 0.6 is 11.3 Å². The van der Waals surface area contributed by atoms with Crippen LogP contribution in [0.4, 0.5) is 0 Å². The van der Waals surface area contributed by atoms with Crippen LogP contribution in [-0.4, -0.2) is 4.57 Å². The minimum atomic E-state index is -0.0283. The molecule has 0 amide bonds. The lowest BCUT2D eigenvalue weighted by Crippen LogP contribution is -2.14. The number of benzene rings is 7. The zero-order valence-corrected chi connectivity index (χ0v) is 26.0. The molecule has 2 heterocycles. The number of thiophene rings is 1. The van der Waals surface area contributed by atoms with E-state index >= 15 is 0 Å². The van der Waals surface area contributed by atoms with Crippen molar-refractivity contribution in [2.24, 2.45) is 0 Å². The van der Waals surface area contributed by atoms with Crippen LogP contribution in [0.1, 0.15) is 25.0 Å². The van der Waals surface area contributed by atoms with Gasteiger partial charge >= 0.3 is 0 Å². The Morgan fingerprint density at radius 3 is 2.18 bits per heavy atom. The molecule has 0 spiro atoms. The highest BCUT2D eigenvalue weighted by atomic mass is 32.1. The molecule has 0 aliphatic heterocycles. The van der Waals surface area contributed by atoms with E-state index < -0.39 is 0 Å². The van der Waals surface area contributed by atoms with Crippen molar-refractivity contribution in [1.82, 2.24) is 4.57 Å². The molecule has 0 saturated heterocycles. The Hall–Kier alpha value is -5.18. The van der Waals surface area contributed by atoms with Gasteiger partial charge in [0.25, 0.3) is 0 Å². The van der Waals surface area contributed by atoms with Gasteiger partial charge in [-0.3, -0.25) is 0 Å². The summed E-state index contributed by atoms with van der Waals surface area (Å²) in [5.74, 6) is 0. The lowest BCUT2D eigenvalue weighted by molar-refractivity contribution is 0.667. The van der Waals surface area contributed by atoms with Crippen LogP contribution in [0.3, 0.4) is 0 Å². The Labute approximate surface area is 265 Å². The van der Waals surface area contributed by atoms with Gasteiger partial charge in [-0.2, -0.15) is 0 Å². The maximum atomic E-state index is 2.51. The Morgan fingerprint density at radius 1 is 0.533 bits per heavy atom. The number of nitrogens with zero attached hydrogens (tertiary/aromatic N) is 1. The van der Waals surface area contributed by atoms with Crippen molar-refractivity contribution >= 4 is 64.8 Å². The van der Waals surface area contributed by atoms with E-state index in [4.69, 9.17) is 0 Å². The van der Waals surface area contributed by atoms with Crippen LogP contribution in [0.2, 0.25) is 0 Å². The molecule has 212 valence electrons. The van der Waals surface area contributed by atoms with Crippen LogP contribution in [0.25, 0.3) is 80.7 Å². The van der Waals surface area contributed by atoms with Crippen LogP contribution in [0.5, 0.6) is 0 Å². The van der Waals surface area contributed by atoms with Gasteiger partial charge in [-0.15, -0.1) is 11.3 Å². The molecule has 0 saturated carbocycles. The standard InChI is InChI=1S/C43H29NS/c1-43(2)37-16-7-5-14-35(37)41-39(43)36-23-22-34-33-13-6-8-17-38(33)44(40(34)42(36)45-41)30-21-20-27-24-29(19-18-28(27)25-30)32-15-9-11-26-10-3-4-12-31(26)32/h3-25H,1-2H3. The van der Waals surface area contributed by atoms with Crippen LogP contribution in [0, 0.1) is 0 Å². The van der Waals surface area contributed by atoms with Gasteiger partial charge in [-0.1, -0.05) is 129 Å². The van der Waals surface area contributed by atoms with E-state index in [1.54, 1.807) is 0 Å². The molecule has 1 aliphatic rings. The highest BCUT2D eigenvalue weighted by Crippen LogP contribution is 2.56. The lowest BCUT2D eigenvalue weighted by Gasteiger charge is -2.21. The first-order valence-electron chi connectivity index (χ1n) is 15.7. The smallest absolute Gasteiger partial charge is 0.0719 e. The summed E-state index contributed by atoms with van der Waals surface area (Å²) in [5.41, 5.74) is 10.6. The summed E-state index contributed by atoms with van der Waals surface area (Å²) in [6, 6.07) is 51.7. The van der Waals surface area contributed by atoms with Crippen molar-refractivity contribution < 1.29 is 0 Å². The van der Waals surface area contributed by atoms with Crippen molar-refractivity contribution in [3.8, 4) is 27.3 Å². The minimum absolute atomic E-state index is 0.0283. The SMILES string of the molecule is CC1(C)c2ccccc2-c2sc3c(ccc4c5ccccc5n(-c5ccc6cc(-c7cccc8ccccc78)ccc6c5)c43)c21. The third-order valence-electron chi connectivity index (χ3n) is 10.1. The lowest BCUT2D eigenvalue weighted by atomic mass is 9.81. The third kappa shape index (κ3) is 3.38. The molecule has 45 heavy (non-hydrogen) atoms. The molecule has 2 heteroatoms. The molecular weight excluding hydrogens is 563 g/mol. The van der Waals surface area contributed by atoms with E-state index in [-0.39, 0.29) is 5.41 Å². The predicted molar refractivity (Wildman–Crippen MR) is 194 cm³/mol. The molecule has 0 atom stereocenters. The van der Waals surface area contributed by atoms with Gasteiger partial charge in [0.2, 0.25) is 0 Å². The Bertz CT molecular complexity index is 2680. The second kappa shape index (κ2) is 8.94. The molecule has 7 aromatic carbocycles. The maximum Gasteiger partial charge on any atom is 0.0719 e. The first-order chi connectivity index (χ1) is 22.1. The van der Waals surface area contributed by atoms with Crippen molar-refractivity contribution in [3.63, 3.8) is 0 Å². The zero-order chi connectivity index (χ0) is 29.9. The van der Waals surface area contributed by atoms with E-state index in [0.717, 1.165) is 0 Å². The van der Waals surface area contributed by atoms with E-state index in [1.807, 2.05) is 11.3 Å². The molecule has 2 aromatic heterocycles. The number of aromatic nitrogens is 1. The molecular formula is C43H29NS.